The van der Waals surface area contributed by atoms with Crippen LogP contribution in [0.25, 0.3) is 0 Å². The van der Waals surface area contributed by atoms with Crippen molar-refractivity contribution in [3.05, 3.63) is 64.7 Å². The first-order valence-electron chi connectivity index (χ1n) is 11.5. The lowest BCUT2D eigenvalue weighted by Crippen LogP contribution is -2.52. The molecule has 0 unspecified atom stereocenters. The molecule has 0 saturated heterocycles. The third-order valence-corrected chi connectivity index (χ3v) is 6.91. The molecule has 0 aliphatic rings. The summed E-state index contributed by atoms with van der Waals surface area (Å²) in [5.74, 6) is -0.719. The van der Waals surface area contributed by atoms with E-state index in [9.17, 15) is 18.0 Å². The van der Waals surface area contributed by atoms with E-state index in [2.05, 4.69) is 5.32 Å². The van der Waals surface area contributed by atoms with Gasteiger partial charge in [0.25, 0.3) is 0 Å². The van der Waals surface area contributed by atoms with Crippen molar-refractivity contribution in [1.82, 2.24) is 10.2 Å². The van der Waals surface area contributed by atoms with Gasteiger partial charge in [-0.2, -0.15) is 0 Å². The molecule has 34 heavy (non-hydrogen) atoms. The quantitative estimate of drug-likeness (QED) is 0.470. The van der Waals surface area contributed by atoms with Crippen LogP contribution in [0.5, 0.6) is 0 Å². The van der Waals surface area contributed by atoms with Crippen molar-refractivity contribution in [1.29, 1.82) is 0 Å². The van der Waals surface area contributed by atoms with Gasteiger partial charge in [-0.15, -0.1) is 0 Å². The summed E-state index contributed by atoms with van der Waals surface area (Å²) < 4.78 is 26.3. The maximum absolute atomic E-state index is 13.6. The number of halogens is 1. The van der Waals surface area contributed by atoms with Crippen molar-refractivity contribution in [2.24, 2.45) is 0 Å². The second-order valence-corrected chi connectivity index (χ2v) is 10.5. The standard InChI is InChI=1S/C25H34ClN3O4S/c1-5-16-27-25(31)23(7-3)28(17-20-8-12-21(26)13-9-20)24(30)18-29(34(4,32)33)22-14-10-19(6-2)11-15-22/h8-15,23H,5-7,16-18H2,1-4H3,(H,27,31)/t23-/m0/s1. The van der Waals surface area contributed by atoms with Gasteiger partial charge in [-0.3, -0.25) is 13.9 Å². The van der Waals surface area contributed by atoms with E-state index in [1.807, 2.05) is 32.9 Å². The first-order chi connectivity index (χ1) is 16.1. The van der Waals surface area contributed by atoms with Gasteiger partial charge in [0.05, 0.1) is 11.9 Å². The summed E-state index contributed by atoms with van der Waals surface area (Å²) in [5, 5.41) is 3.42. The largest absolute Gasteiger partial charge is 0.354 e. The second kappa shape index (κ2) is 12.8. The summed E-state index contributed by atoms with van der Waals surface area (Å²) in [4.78, 5) is 27.9. The Bertz CT molecular complexity index is 1060. The molecule has 2 amide bonds. The Balaban J connectivity index is 2.40. The molecule has 2 aromatic carbocycles. The summed E-state index contributed by atoms with van der Waals surface area (Å²) >= 11 is 6.00. The Kier molecular flexibility index (Phi) is 10.4. The van der Waals surface area contributed by atoms with Crippen LogP contribution in [0.1, 0.15) is 44.7 Å². The lowest BCUT2D eigenvalue weighted by Gasteiger charge is -2.33. The summed E-state index contributed by atoms with van der Waals surface area (Å²) in [7, 11) is -3.74. The SMILES string of the molecule is CCCNC(=O)[C@H](CC)N(Cc1ccc(Cl)cc1)C(=O)CN(c1ccc(CC)cc1)S(C)(=O)=O. The second-order valence-electron chi connectivity index (χ2n) is 8.15. The minimum absolute atomic E-state index is 0.153. The van der Waals surface area contributed by atoms with Crippen molar-refractivity contribution < 1.29 is 18.0 Å². The van der Waals surface area contributed by atoms with E-state index in [1.165, 1.54) is 4.90 Å². The first kappa shape index (κ1) is 27.7. The number of sulfonamides is 1. The van der Waals surface area contributed by atoms with E-state index in [-0.39, 0.29) is 12.5 Å². The molecule has 7 nitrogen and oxygen atoms in total. The van der Waals surface area contributed by atoms with Crippen molar-refractivity contribution in [3.8, 4) is 0 Å². The monoisotopic (exact) mass is 507 g/mol. The van der Waals surface area contributed by atoms with Crippen molar-refractivity contribution in [3.63, 3.8) is 0 Å². The fourth-order valence-electron chi connectivity index (χ4n) is 3.58. The average molecular weight is 508 g/mol. The van der Waals surface area contributed by atoms with Gasteiger partial charge in [-0.05, 0) is 54.7 Å². The number of rotatable bonds is 12. The molecule has 9 heteroatoms. The van der Waals surface area contributed by atoms with E-state index in [4.69, 9.17) is 11.6 Å². The normalized spacial score (nSPS) is 12.1. The highest BCUT2D eigenvalue weighted by Crippen LogP contribution is 2.21. The number of nitrogens with one attached hydrogen (secondary N) is 1. The van der Waals surface area contributed by atoms with Crippen LogP contribution < -0.4 is 9.62 Å². The average Bonchev–Trinajstić information content (AvgIpc) is 2.81. The Labute approximate surface area is 208 Å². The molecule has 0 radical (unpaired) electrons. The van der Waals surface area contributed by atoms with Crippen LogP contribution in [0.15, 0.2) is 48.5 Å². The van der Waals surface area contributed by atoms with Gasteiger partial charge in [-0.25, -0.2) is 8.42 Å². The fourth-order valence-corrected chi connectivity index (χ4v) is 4.56. The summed E-state index contributed by atoms with van der Waals surface area (Å²) in [6, 6.07) is 13.4. The molecule has 0 aromatic heterocycles. The third-order valence-electron chi connectivity index (χ3n) is 5.51. The topological polar surface area (TPSA) is 86.8 Å². The molecule has 0 aliphatic heterocycles. The zero-order chi connectivity index (χ0) is 25.3. The van der Waals surface area contributed by atoms with Crippen LogP contribution in [0.3, 0.4) is 0 Å². The van der Waals surface area contributed by atoms with Crippen molar-refractivity contribution in [2.45, 2.75) is 52.6 Å². The number of hydrogen-bond acceptors (Lipinski definition) is 4. The van der Waals surface area contributed by atoms with Crippen LogP contribution in [0.2, 0.25) is 5.02 Å². The fraction of sp³-hybridized carbons (Fsp3) is 0.440. The van der Waals surface area contributed by atoms with Crippen molar-refractivity contribution in [2.75, 3.05) is 23.7 Å². The Hall–Kier alpha value is -2.58. The zero-order valence-corrected chi connectivity index (χ0v) is 21.8. The molecule has 186 valence electrons. The maximum Gasteiger partial charge on any atom is 0.244 e. The number of anilines is 1. The lowest BCUT2D eigenvalue weighted by molar-refractivity contribution is -0.140. The molecule has 0 fully saturated rings. The van der Waals surface area contributed by atoms with E-state index in [0.717, 1.165) is 34.5 Å². The molecule has 1 atom stereocenters. The summed E-state index contributed by atoms with van der Waals surface area (Å²) in [6.07, 6.45) is 3.04. The maximum atomic E-state index is 13.6. The van der Waals surface area contributed by atoms with Crippen LogP contribution >= 0.6 is 11.6 Å². The minimum Gasteiger partial charge on any atom is -0.354 e. The molecule has 2 rings (SSSR count). The highest BCUT2D eigenvalue weighted by molar-refractivity contribution is 7.92. The number of hydrogen-bond donors (Lipinski definition) is 1. The van der Waals surface area contributed by atoms with Crippen LogP contribution in [0, 0.1) is 0 Å². The molecule has 0 saturated carbocycles. The highest BCUT2D eigenvalue weighted by atomic mass is 35.5. The number of benzene rings is 2. The molecular formula is C25H34ClN3O4S. The predicted octanol–water partition coefficient (Wildman–Crippen LogP) is 4.00. The van der Waals surface area contributed by atoms with Gasteiger partial charge in [0, 0.05) is 18.1 Å². The lowest BCUT2D eigenvalue weighted by atomic mass is 10.1. The third kappa shape index (κ3) is 7.74. The number of carbonyl (C=O) groups is 2. The molecular weight excluding hydrogens is 474 g/mol. The number of carbonyl (C=O) groups excluding carboxylic acids is 2. The Morgan fingerprint density at radius 2 is 1.56 bits per heavy atom. The number of aryl methyl sites for hydroxylation is 1. The molecule has 0 aliphatic carbocycles. The molecule has 0 heterocycles. The molecule has 0 spiro atoms. The van der Waals surface area contributed by atoms with Gasteiger partial charge in [-0.1, -0.05) is 56.6 Å². The van der Waals surface area contributed by atoms with Gasteiger partial charge in [0.15, 0.2) is 0 Å². The highest BCUT2D eigenvalue weighted by Gasteiger charge is 2.31. The Morgan fingerprint density at radius 1 is 0.971 bits per heavy atom. The van der Waals surface area contributed by atoms with Crippen molar-refractivity contribution >= 4 is 39.1 Å². The summed E-state index contributed by atoms with van der Waals surface area (Å²) in [6.45, 7) is 6.03. The number of nitrogens with zero attached hydrogens (tertiary/aromatic N) is 2. The Morgan fingerprint density at radius 3 is 2.06 bits per heavy atom. The van der Waals surface area contributed by atoms with E-state index < -0.39 is 28.5 Å². The zero-order valence-electron chi connectivity index (χ0n) is 20.3. The predicted molar refractivity (Wildman–Crippen MR) is 137 cm³/mol. The first-order valence-corrected chi connectivity index (χ1v) is 13.7. The molecule has 2 aromatic rings. The number of amides is 2. The van der Waals surface area contributed by atoms with E-state index in [1.54, 1.807) is 36.4 Å². The van der Waals surface area contributed by atoms with E-state index >= 15 is 0 Å². The van der Waals surface area contributed by atoms with Crippen LogP contribution in [-0.4, -0.2) is 50.5 Å². The van der Waals surface area contributed by atoms with E-state index in [0.29, 0.717) is 23.7 Å². The van der Waals surface area contributed by atoms with Gasteiger partial charge in [0.2, 0.25) is 21.8 Å². The van der Waals surface area contributed by atoms with Gasteiger partial charge in [0.1, 0.15) is 12.6 Å². The summed E-state index contributed by atoms with van der Waals surface area (Å²) in [5.41, 5.74) is 2.26. The van der Waals surface area contributed by atoms with Crippen LogP contribution in [0.4, 0.5) is 5.69 Å². The molecule has 0 bridgehead atoms. The van der Waals surface area contributed by atoms with Gasteiger partial charge >= 0.3 is 0 Å². The van der Waals surface area contributed by atoms with Crippen LogP contribution in [-0.2, 0) is 32.6 Å². The van der Waals surface area contributed by atoms with Gasteiger partial charge < -0.3 is 10.2 Å². The smallest absolute Gasteiger partial charge is 0.244 e. The minimum atomic E-state index is -3.74. The molecule has 1 N–H and O–H groups in total.